The van der Waals surface area contributed by atoms with Crippen LogP contribution in [0.15, 0.2) is 0 Å². The van der Waals surface area contributed by atoms with Gasteiger partial charge in [-0.2, -0.15) is 0 Å². The zero-order valence-corrected chi connectivity index (χ0v) is 12.9. The molecule has 1 saturated heterocycles. The Balaban J connectivity index is 2.42. The minimum Gasteiger partial charge on any atom is -0.481 e. The zero-order valence-electron chi connectivity index (χ0n) is 12.9. The molecule has 1 heterocycles. The molecule has 0 aromatic rings. The maximum atomic E-state index is 12.0. The largest absolute Gasteiger partial charge is 0.481 e. The predicted octanol–water partition coefficient (Wildman–Crippen LogP) is 2.71. The molecular formula is C15H28N2O3. The molecule has 1 aliphatic rings. The van der Waals surface area contributed by atoms with Gasteiger partial charge in [0.05, 0.1) is 5.41 Å². The van der Waals surface area contributed by atoms with E-state index in [0.29, 0.717) is 26.1 Å². The van der Waals surface area contributed by atoms with Crippen molar-refractivity contribution in [3.8, 4) is 0 Å². The number of amides is 2. The first-order valence-electron chi connectivity index (χ1n) is 7.70. The molecule has 0 spiro atoms. The second-order valence-corrected chi connectivity index (χ2v) is 6.08. The van der Waals surface area contributed by atoms with E-state index in [9.17, 15) is 14.7 Å². The van der Waals surface area contributed by atoms with Crippen LogP contribution in [0.25, 0.3) is 0 Å². The van der Waals surface area contributed by atoms with Crippen LogP contribution in [0, 0.1) is 11.3 Å². The topological polar surface area (TPSA) is 69.6 Å². The third-order valence-electron chi connectivity index (χ3n) is 4.43. The SMILES string of the molecule is CCCCCCNC(=O)N1CCC(C(=O)O)(C(C)C)C1. The Morgan fingerprint density at radius 1 is 1.30 bits per heavy atom. The molecular weight excluding hydrogens is 256 g/mol. The summed E-state index contributed by atoms with van der Waals surface area (Å²) >= 11 is 0. The van der Waals surface area contributed by atoms with Gasteiger partial charge in [-0.25, -0.2) is 4.79 Å². The van der Waals surface area contributed by atoms with Gasteiger partial charge in [0.1, 0.15) is 0 Å². The summed E-state index contributed by atoms with van der Waals surface area (Å²) in [4.78, 5) is 25.2. The van der Waals surface area contributed by atoms with Crippen LogP contribution in [-0.2, 0) is 4.79 Å². The minimum absolute atomic E-state index is 0.0300. The Morgan fingerprint density at radius 3 is 2.50 bits per heavy atom. The number of carboxylic acid groups (broad SMARTS) is 1. The third-order valence-corrected chi connectivity index (χ3v) is 4.43. The van der Waals surface area contributed by atoms with Crippen molar-refractivity contribution in [2.75, 3.05) is 19.6 Å². The molecule has 0 bridgehead atoms. The third kappa shape index (κ3) is 3.87. The van der Waals surface area contributed by atoms with Crippen LogP contribution < -0.4 is 5.32 Å². The smallest absolute Gasteiger partial charge is 0.317 e. The molecule has 0 aromatic heterocycles. The molecule has 1 unspecified atom stereocenters. The lowest BCUT2D eigenvalue weighted by atomic mass is 9.76. The Morgan fingerprint density at radius 2 is 2.00 bits per heavy atom. The summed E-state index contributed by atoms with van der Waals surface area (Å²) < 4.78 is 0. The number of nitrogens with zero attached hydrogens (tertiary/aromatic N) is 1. The van der Waals surface area contributed by atoms with E-state index in [0.717, 1.165) is 12.8 Å². The minimum atomic E-state index is -0.786. The van der Waals surface area contributed by atoms with Crippen molar-refractivity contribution in [2.24, 2.45) is 11.3 Å². The first-order valence-corrected chi connectivity index (χ1v) is 7.70. The highest BCUT2D eigenvalue weighted by atomic mass is 16.4. The van der Waals surface area contributed by atoms with E-state index < -0.39 is 11.4 Å². The van der Waals surface area contributed by atoms with Crippen LogP contribution in [-0.4, -0.2) is 41.6 Å². The van der Waals surface area contributed by atoms with Crippen molar-refractivity contribution in [3.05, 3.63) is 0 Å². The summed E-state index contributed by atoms with van der Waals surface area (Å²) in [7, 11) is 0. The fourth-order valence-corrected chi connectivity index (χ4v) is 2.76. The van der Waals surface area contributed by atoms with E-state index in [4.69, 9.17) is 0 Å². The monoisotopic (exact) mass is 284 g/mol. The highest BCUT2D eigenvalue weighted by Crippen LogP contribution is 2.38. The standard InChI is InChI=1S/C15H28N2O3/c1-4-5-6-7-9-16-14(20)17-10-8-15(11-17,12(2)3)13(18)19/h12H,4-11H2,1-3H3,(H,16,20)(H,18,19). The molecule has 20 heavy (non-hydrogen) atoms. The van der Waals surface area contributed by atoms with Gasteiger partial charge in [-0.1, -0.05) is 40.0 Å². The Bertz CT molecular complexity index is 344. The summed E-state index contributed by atoms with van der Waals surface area (Å²) in [6.45, 7) is 7.52. The van der Waals surface area contributed by atoms with Gasteiger partial charge in [0.15, 0.2) is 0 Å². The first kappa shape index (κ1) is 16.8. The summed E-state index contributed by atoms with van der Waals surface area (Å²) in [6, 6.07) is -0.120. The van der Waals surface area contributed by atoms with Gasteiger partial charge >= 0.3 is 12.0 Å². The van der Waals surface area contributed by atoms with E-state index in [1.54, 1.807) is 4.90 Å². The van der Waals surface area contributed by atoms with Crippen LogP contribution >= 0.6 is 0 Å². The van der Waals surface area contributed by atoms with Gasteiger partial charge in [-0.05, 0) is 18.8 Å². The van der Waals surface area contributed by atoms with Gasteiger partial charge < -0.3 is 15.3 Å². The average molecular weight is 284 g/mol. The Kier molecular flexibility index (Phi) is 6.30. The molecule has 2 amide bonds. The van der Waals surface area contributed by atoms with Crippen LogP contribution in [0.4, 0.5) is 4.79 Å². The number of rotatable bonds is 7. The molecule has 116 valence electrons. The summed E-state index contributed by atoms with van der Waals surface area (Å²) in [5.41, 5.74) is -0.778. The van der Waals surface area contributed by atoms with Crippen LogP contribution in [0.1, 0.15) is 52.9 Å². The molecule has 0 radical (unpaired) electrons. The average Bonchev–Trinajstić information content (AvgIpc) is 2.84. The van der Waals surface area contributed by atoms with Crippen molar-refractivity contribution in [1.82, 2.24) is 10.2 Å². The number of hydrogen-bond donors (Lipinski definition) is 2. The number of unbranched alkanes of at least 4 members (excludes halogenated alkanes) is 3. The van der Waals surface area contributed by atoms with Crippen molar-refractivity contribution in [1.29, 1.82) is 0 Å². The zero-order chi connectivity index (χ0) is 15.2. The fourth-order valence-electron chi connectivity index (χ4n) is 2.76. The van der Waals surface area contributed by atoms with Crippen molar-refractivity contribution in [3.63, 3.8) is 0 Å². The van der Waals surface area contributed by atoms with Gasteiger partial charge in [-0.15, -0.1) is 0 Å². The molecule has 5 heteroatoms. The molecule has 0 aromatic carbocycles. The molecule has 1 atom stereocenters. The Hall–Kier alpha value is -1.26. The van der Waals surface area contributed by atoms with Crippen molar-refractivity contribution >= 4 is 12.0 Å². The maximum Gasteiger partial charge on any atom is 0.317 e. The lowest BCUT2D eigenvalue weighted by molar-refractivity contribution is -0.150. The molecule has 0 saturated carbocycles. The highest BCUT2D eigenvalue weighted by Gasteiger charge is 2.48. The predicted molar refractivity (Wildman–Crippen MR) is 78.6 cm³/mol. The summed E-state index contributed by atoms with van der Waals surface area (Å²) in [6.07, 6.45) is 5.03. The van der Waals surface area contributed by atoms with E-state index in [-0.39, 0.29) is 11.9 Å². The quantitative estimate of drug-likeness (QED) is 0.706. The van der Waals surface area contributed by atoms with Crippen molar-refractivity contribution in [2.45, 2.75) is 52.9 Å². The van der Waals surface area contributed by atoms with E-state index in [2.05, 4.69) is 12.2 Å². The molecule has 2 N–H and O–H groups in total. The normalized spacial score (nSPS) is 22.3. The second kappa shape index (κ2) is 7.50. The van der Waals surface area contributed by atoms with Gasteiger partial charge in [0, 0.05) is 19.6 Å². The van der Waals surface area contributed by atoms with Gasteiger partial charge in [0.2, 0.25) is 0 Å². The number of carboxylic acids is 1. The molecule has 0 aliphatic carbocycles. The molecule has 1 aliphatic heterocycles. The van der Waals surface area contributed by atoms with Crippen LogP contribution in [0.2, 0.25) is 0 Å². The fraction of sp³-hybridized carbons (Fsp3) is 0.867. The number of urea groups is 1. The number of carbonyl (C=O) groups is 2. The number of carbonyl (C=O) groups excluding carboxylic acids is 1. The maximum absolute atomic E-state index is 12.0. The van der Waals surface area contributed by atoms with Gasteiger partial charge in [0.25, 0.3) is 0 Å². The number of aliphatic carboxylic acids is 1. The number of likely N-dealkylation sites (tertiary alicyclic amines) is 1. The van der Waals surface area contributed by atoms with Crippen LogP contribution in [0.5, 0.6) is 0 Å². The summed E-state index contributed by atoms with van der Waals surface area (Å²) in [5, 5.41) is 12.3. The van der Waals surface area contributed by atoms with Crippen LogP contribution in [0.3, 0.4) is 0 Å². The second-order valence-electron chi connectivity index (χ2n) is 6.08. The number of hydrogen-bond acceptors (Lipinski definition) is 2. The molecule has 1 rings (SSSR count). The molecule has 1 fully saturated rings. The highest BCUT2D eigenvalue weighted by molar-refractivity contribution is 5.80. The lowest BCUT2D eigenvalue weighted by Crippen LogP contribution is -2.43. The van der Waals surface area contributed by atoms with Gasteiger partial charge in [-0.3, -0.25) is 4.79 Å². The number of nitrogens with one attached hydrogen (secondary N) is 1. The van der Waals surface area contributed by atoms with E-state index in [1.165, 1.54) is 12.8 Å². The lowest BCUT2D eigenvalue weighted by Gasteiger charge is -2.28. The van der Waals surface area contributed by atoms with Crippen molar-refractivity contribution < 1.29 is 14.7 Å². The Labute approximate surface area is 121 Å². The first-order chi connectivity index (χ1) is 9.44. The molecule has 5 nitrogen and oxygen atoms in total. The van der Waals surface area contributed by atoms with E-state index in [1.807, 2.05) is 13.8 Å². The summed E-state index contributed by atoms with van der Waals surface area (Å²) in [5.74, 6) is -0.756. The van der Waals surface area contributed by atoms with E-state index >= 15 is 0 Å².